The Bertz CT molecular complexity index is 578. The van der Waals surface area contributed by atoms with Crippen molar-refractivity contribution < 1.29 is 9.31 Å². The van der Waals surface area contributed by atoms with Gasteiger partial charge >= 0.3 is 0 Å². The van der Waals surface area contributed by atoms with E-state index >= 15 is 0 Å². The van der Waals surface area contributed by atoms with Gasteiger partial charge in [0.15, 0.2) is 11.3 Å². The second kappa shape index (κ2) is 7.55. The minimum atomic E-state index is -0.588. The summed E-state index contributed by atoms with van der Waals surface area (Å²) in [6.07, 6.45) is 3.60. The van der Waals surface area contributed by atoms with Crippen LogP contribution in [0.4, 0.5) is 0 Å². The molecule has 1 N–H and O–H groups in total. The number of methoxy groups -OCH3 is 1. The summed E-state index contributed by atoms with van der Waals surface area (Å²) in [5.74, 6) is 1.24. The molecule has 1 fully saturated rings. The van der Waals surface area contributed by atoms with E-state index in [2.05, 4.69) is 76.3 Å². The molecule has 3 atom stereocenters. The van der Waals surface area contributed by atoms with Gasteiger partial charge in [0, 0.05) is 13.2 Å². The molecular weight excluding hydrogens is 310 g/mol. The van der Waals surface area contributed by atoms with Crippen LogP contribution in [-0.4, -0.2) is 48.6 Å². The summed E-state index contributed by atoms with van der Waals surface area (Å²) in [5.41, 5.74) is -0.296. The van der Waals surface area contributed by atoms with E-state index in [0.717, 1.165) is 24.3 Å². The van der Waals surface area contributed by atoms with Crippen molar-refractivity contribution in [2.75, 3.05) is 14.2 Å². The standard InChI is InChI=1S/C21H38N3O/c1-12-17(8)19(13-2)20(14-3,21(19,25-11)23-16(6)7)24(10)18(22-9)15(4)5/h12,15-16,23H,1,8,10,13-14H2,2-7,9,11H3/q+1. The van der Waals surface area contributed by atoms with E-state index in [1.54, 1.807) is 7.11 Å². The van der Waals surface area contributed by atoms with Gasteiger partial charge in [-0.3, -0.25) is 5.32 Å². The van der Waals surface area contributed by atoms with Gasteiger partial charge in [-0.25, -0.2) is 4.58 Å². The summed E-state index contributed by atoms with van der Waals surface area (Å²) >= 11 is 0. The molecule has 1 saturated carbocycles. The molecule has 1 aliphatic rings. The molecule has 0 aliphatic heterocycles. The third-order valence-electron chi connectivity index (χ3n) is 5.94. The largest absolute Gasteiger partial charge is 0.358 e. The van der Waals surface area contributed by atoms with Gasteiger partial charge in [-0.1, -0.05) is 51.9 Å². The molecule has 0 aromatic carbocycles. The van der Waals surface area contributed by atoms with Crippen molar-refractivity contribution in [3.8, 4) is 0 Å². The van der Waals surface area contributed by atoms with E-state index in [-0.39, 0.29) is 22.9 Å². The predicted octanol–water partition coefficient (Wildman–Crippen LogP) is 4.03. The Labute approximate surface area is 154 Å². The molecule has 3 unspecified atom stereocenters. The van der Waals surface area contributed by atoms with Crippen molar-refractivity contribution >= 4 is 12.6 Å². The number of hydrogen-bond donors (Lipinski definition) is 1. The van der Waals surface area contributed by atoms with E-state index in [0.29, 0.717) is 0 Å². The van der Waals surface area contributed by atoms with Gasteiger partial charge in [0.05, 0.1) is 18.1 Å². The Kier molecular flexibility index (Phi) is 6.57. The SMILES string of the molecule is C=CC(=C)C1(CC)C(NC(C)C)(OC)C1(CC)[N+](=C)C(=NC)C(C)C. The van der Waals surface area contributed by atoms with Crippen LogP contribution in [0.5, 0.6) is 0 Å². The summed E-state index contributed by atoms with van der Waals surface area (Å²) in [6, 6.07) is 0.256. The fourth-order valence-electron chi connectivity index (χ4n) is 5.18. The first-order valence-electron chi connectivity index (χ1n) is 9.36. The molecule has 0 saturated heterocycles. The van der Waals surface area contributed by atoms with Crippen molar-refractivity contribution in [1.29, 1.82) is 0 Å². The monoisotopic (exact) mass is 348 g/mol. The molecular formula is C21H38N3O+. The minimum absolute atomic E-state index is 0.256. The lowest BCUT2D eigenvalue weighted by Gasteiger charge is -2.27. The van der Waals surface area contributed by atoms with Crippen LogP contribution in [-0.2, 0) is 4.74 Å². The van der Waals surface area contributed by atoms with Crippen molar-refractivity contribution in [1.82, 2.24) is 5.32 Å². The van der Waals surface area contributed by atoms with E-state index in [9.17, 15) is 0 Å². The lowest BCUT2D eigenvalue weighted by molar-refractivity contribution is -0.489. The Morgan fingerprint density at radius 2 is 1.80 bits per heavy atom. The molecule has 0 amide bonds. The third-order valence-corrected chi connectivity index (χ3v) is 5.94. The van der Waals surface area contributed by atoms with E-state index in [1.807, 2.05) is 13.1 Å². The number of nitrogens with one attached hydrogen (secondary N) is 1. The predicted molar refractivity (Wildman–Crippen MR) is 109 cm³/mol. The Morgan fingerprint density at radius 3 is 2.08 bits per heavy atom. The van der Waals surface area contributed by atoms with Crippen molar-refractivity contribution in [3.05, 3.63) is 24.8 Å². The van der Waals surface area contributed by atoms with Gasteiger partial charge in [0.2, 0.25) is 0 Å². The first-order valence-corrected chi connectivity index (χ1v) is 9.36. The minimum Gasteiger partial charge on any atom is -0.358 e. The van der Waals surface area contributed by atoms with Crippen molar-refractivity contribution in [3.63, 3.8) is 0 Å². The van der Waals surface area contributed by atoms with Gasteiger partial charge in [-0.05, 0) is 32.3 Å². The quantitative estimate of drug-likeness (QED) is 0.225. The summed E-state index contributed by atoms with van der Waals surface area (Å²) in [4.78, 5) is 4.55. The van der Waals surface area contributed by atoms with E-state index in [1.165, 1.54) is 0 Å². The number of nitrogens with zero attached hydrogens (tertiary/aromatic N) is 2. The maximum absolute atomic E-state index is 6.24. The van der Waals surface area contributed by atoms with Crippen LogP contribution in [0.1, 0.15) is 54.4 Å². The number of allylic oxidation sites excluding steroid dienone is 1. The zero-order valence-electron chi connectivity index (χ0n) is 17.6. The van der Waals surface area contributed by atoms with E-state index < -0.39 is 5.72 Å². The molecule has 25 heavy (non-hydrogen) atoms. The number of rotatable bonds is 9. The fraction of sp³-hybridized carbons (Fsp3) is 0.714. The van der Waals surface area contributed by atoms with Crippen LogP contribution in [0, 0.1) is 11.3 Å². The molecule has 1 rings (SSSR count). The molecule has 0 spiro atoms. The number of hydrogen-bond acceptors (Lipinski definition) is 3. The Hall–Kier alpha value is -1.26. The summed E-state index contributed by atoms with van der Waals surface area (Å²) in [6.45, 7) is 25.8. The Balaban J connectivity index is 3.75. The van der Waals surface area contributed by atoms with Crippen LogP contribution in [0.3, 0.4) is 0 Å². The van der Waals surface area contributed by atoms with Gasteiger partial charge in [-0.2, -0.15) is 0 Å². The smallest absolute Gasteiger partial charge is 0.294 e. The Morgan fingerprint density at radius 1 is 1.24 bits per heavy atom. The first kappa shape index (κ1) is 21.8. The van der Waals surface area contributed by atoms with Crippen LogP contribution in [0.2, 0.25) is 0 Å². The topological polar surface area (TPSA) is 36.6 Å². The zero-order valence-corrected chi connectivity index (χ0v) is 17.6. The molecule has 0 aromatic rings. The van der Waals surface area contributed by atoms with Crippen molar-refractivity contribution in [2.24, 2.45) is 16.3 Å². The zero-order chi connectivity index (χ0) is 19.6. The summed E-state index contributed by atoms with van der Waals surface area (Å²) in [7, 11) is 3.61. The van der Waals surface area contributed by atoms with Gasteiger partial charge in [0.25, 0.3) is 5.84 Å². The van der Waals surface area contributed by atoms with E-state index in [4.69, 9.17) is 4.74 Å². The normalized spacial score (nSPS) is 32.2. The number of ether oxygens (including phenoxy) is 1. The average molecular weight is 349 g/mol. The maximum Gasteiger partial charge on any atom is 0.294 e. The molecule has 4 heteroatoms. The molecule has 0 aromatic heterocycles. The molecule has 1 aliphatic carbocycles. The molecule has 142 valence electrons. The molecule has 0 bridgehead atoms. The van der Waals surface area contributed by atoms with Gasteiger partial charge in [-0.15, -0.1) is 0 Å². The molecule has 0 heterocycles. The summed E-state index contributed by atoms with van der Waals surface area (Å²) < 4.78 is 8.33. The lowest BCUT2D eigenvalue weighted by atomic mass is 9.86. The average Bonchev–Trinajstić information content (AvgIpc) is 3.10. The molecule has 4 nitrogen and oxygen atoms in total. The maximum atomic E-state index is 6.24. The highest BCUT2D eigenvalue weighted by Gasteiger charge is 2.92. The highest BCUT2D eigenvalue weighted by molar-refractivity contribution is 5.79. The lowest BCUT2D eigenvalue weighted by Crippen LogP contribution is -2.51. The van der Waals surface area contributed by atoms with Crippen LogP contribution < -0.4 is 5.32 Å². The second-order valence-corrected chi connectivity index (χ2v) is 7.55. The highest BCUT2D eigenvalue weighted by Crippen LogP contribution is 2.74. The van der Waals surface area contributed by atoms with Crippen LogP contribution >= 0.6 is 0 Å². The number of aliphatic imine (C=N–C) groups is 1. The fourth-order valence-corrected chi connectivity index (χ4v) is 5.18. The first-order chi connectivity index (χ1) is 11.6. The van der Waals surface area contributed by atoms with Crippen molar-refractivity contribution in [2.45, 2.75) is 71.7 Å². The van der Waals surface area contributed by atoms with Crippen LogP contribution in [0.15, 0.2) is 29.8 Å². The summed E-state index contributed by atoms with van der Waals surface area (Å²) in [5, 5.41) is 3.71. The molecule has 0 radical (unpaired) electrons. The van der Waals surface area contributed by atoms with Gasteiger partial charge < -0.3 is 4.74 Å². The highest BCUT2D eigenvalue weighted by atomic mass is 16.5. The van der Waals surface area contributed by atoms with Gasteiger partial charge in [0.1, 0.15) is 7.05 Å². The number of amidine groups is 1. The second-order valence-electron chi connectivity index (χ2n) is 7.55. The van der Waals surface area contributed by atoms with Crippen LogP contribution in [0.25, 0.3) is 0 Å². The third kappa shape index (κ3) is 2.57.